The van der Waals surface area contributed by atoms with E-state index >= 15 is 0 Å². The minimum atomic E-state index is -0.409. The van der Waals surface area contributed by atoms with Gasteiger partial charge in [-0.25, -0.2) is 0 Å². The summed E-state index contributed by atoms with van der Waals surface area (Å²) in [4.78, 5) is 2.39. The summed E-state index contributed by atoms with van der Waals surface area (Å²) in [6.07, 6.45) is 10.9. The molecule has 1 aliphatic heterocycles. The van der Waals surface area contributed by atoms with Crippen LogP contribution in [0.25, 0.3) is 0 Å². The number of piperidine rings is 1. The number of benzene rings is 1. The van der Waals surface area contributed by atoms with Gasteiger partial charge in [-0.15, -0.1) is 0 Å². The Morgan fingerprint density at radius 2 is 1.71 bits per heavy atom. The van der Waals surface area contributed by atoms with E-state index in [1.807, 2.05) is 0 Å². The van der Waals surface area contributed by atoms with Crippen molar-refractivity contribution in [3.8, 4) is 5.75 Å². The number of aliphatic hydroxyl groups is 1. The topological polar surface area (TPSA) is 32.7 Å². The molecule has 28 heavy (non-hydrogen) atoms. The fourth-order valence-electron chi connectivity index (χ4n) is 7.36. The van der Waals surface area contributed by atoms with E-state index in [1.165, 1.54) is 51.4 Å². The summed E-state index contributed by atoms with van der Waals surface area (Å²) >= 11 is 0. The predicted molar refractivity (Wildman–Crippen MR) is 113 cm³/mol. The van der Waals surface area contributed by atoms with Crippen molar-refractivity contribution in [3.05, 3.63) is 29.8 Å². The molecule has 0 unspecified atom stereocenters. The highest BCUT2D eigenvalue weighted by Crippen LogP contribution is 2.60. The maximum atomic E-state index is 10.4. The summed E-state index contributed by atoms with van der Waals surface area (Å²) in [5.74, 6) is 4.60. The molecular weight excluding hydrogens is 346 g/mol. The number of hydrogen-bond donors (Lipinski definition) is 1. The Morgan fingerprint density at radius 1 is 1.07 bits per heavy atom. The first-order valence-electron chi connectivity index (χ1n) is 11.7. The van der Waals surface area contributed by atoms with Crippen molar-refractivity contribution in [2.24, 2.45) is 23.7 Å². The van der Waals surface area contributed by atoms with Crippen LogP contribution in [-0.2, 0) is 5.41 Å². The lowest BCUT2D eigenvalue weighted by Crippen LogP contribution is -2.48. The van der Waals surface area contributed by atoms with E-state index in [0.29, 0.717) is 12.0 Å². The molecular formula is C25H37NO2. The first-order valence-corrected chi connectivity index (χ1v) is 11.7. The van der Waals surface area contributed by atoms with Gasteiger partial charge in [0, 0.05) is 13.1 Å². The SMILES string of the molecule is C[C@@H]1CCCN(C[C@@H](O)COc2ccc(C34CC5CC(CC(C5)C3)C4)cc2)C1. The van der Waals surface area contributed by atoms with Gasteiger partial charge in [0.1, 0.15) is 18.5 Å². The molecule has 1 heterocycles. The van der Waals surface area contributed by atoms with E-state index in [-0.39, 0.29) is 0 Å². The van der Waals surface area contributed by atoms with E-state index in [9.17, 15) is 5.11 Å². The molecule has 4 saturated carbocycles. The van der Waals surface area contributed by atoms with Gasteiger partial charge < -0.3 is 14.7 Å². The second-order valence-corrected chi connectivity index (χ2v) is 10.7. The molecule has 1 N–H and O–H groups in total. The molecule has 5 fully saturated rings. The lowest BCUT2D eigenvalue weighted by atomic mass is 9.48. The van der Waals surface area contributed by atoms with Gasteiger partial charge in [0.15, 0.2) is 0 Å². The van der Waals surface area contributed by atoms with Crippen LogP contribution in [0.3, 0.4) is 0 Å². The number of hydrogen-bond acceptors (Lipinski definition) is 3. The molecule has 0 spiro atoms. The Bertz CT molecular complexity index is 634. The van der Waals surface area contributed by atoms with E-state index in [2.05, 4.69) is 36.1 Å². The third-order valence-electron chi connectivity index (χ3n) is 8.16. The minimum Gasteiger partial charge on any atom is -0.491 e. The van der Waals surface area contributed by atoms with Crippen LogP contribution in [0.2, 0.25) is 0 Å². The molecule has 1 aromatic carbocycles. The van der Waals surface area contributed by atoms with Crippen molar-refractivity contribution >= 4 is 0 Å². The first kappa shape index (κ1) is 18.9. The fraction of sp³-hybridized carbons (Fsp3) is 0.760. The zero-order valence-electron chi connectivity index (χ0n) is 17.5. The Hall–Kier alpha value is -1.06. The number of likely N-dealkylation sites (tertiary alicyclic amines) is 1. The summed E-state index contributed by atoms with van der Waals surface area (Å²) in [6.45, 7) is 5.65. The molecule has 154 valence electrons. The molecule has 3 heteroatoms. The predicted octanol–water partition coefficient (Wildman–Crippen LogP) is 4.63. The number of nitrogens with zero attached hydrogens (tertiary/aromatic N) is 1. The quantitative estimate of drug-likeness (QED) is 0.778. The monoisotopic (exact) mass is 383 g/mol. The largest absolute Gasteiger partial charge is 0.491 e. The second kappa shape index (κ2) is 7.65. The van der Waals surface area contributed by atoms with Crippen LogP contribution in [0, 0.1) is 23.7 Å². The summed E-state index contributed by atoms with van der Waals surface area (Å²) < 4.78 is 5.93. The number of β-amino-alcohol motifs (C(OH)–C–C–N with tert-alkyl or cyclic N) is 1. The maximum absolute atomic E-state index is 10.4. The van der Waals surface area contributed by atoms with E-state index < -0.39 is 6.10 Å². The summed E-state index contributed by atoms with van der Waals surface area (Å²) in [7, 11) is 0. The van der Waals surface area contributed by atoms with Gasteiger partial charge in [-0.1, -0.05) is 19.1 Å². The van der Waals surface area contributed by atoms with Crippen LogP contribution in [0.5, 0.6) is 5.75 Å². The third kappa shape index (κ3) is 3.85. The molecule has 0 amide bonds. The van der Waals surface area contributed by atoms with Crippen molar-refractivity contribution in [2.75, 3.05) is 26.2 Å². The molecule has 1 saturated heterocycles. The van der Waals surface area contributed by atoms with Gasteiger partial charge in [0.2, 0.25) is 0 Å². The zero-order chi connectivity index (χ0) is 19.1. The number of rotatable bonds is 6. The van der Waals surface area contributed by atoms with Crippen molar-refractivity contribution in [3.63, 3.8) is 0 Å². The van der Waals surface area contributed by atoms with Gasteiger partial charge in [-0.05, 0) is 105 Å². The molecule has 5 aliphatic rings. The summed E-state index contributed by atoms with van der Waals surface area (Å²) in [6, 6.07) is 8.93. The Kier molecular flexibility index (Phi) is 5.17. The smallest absolute Gasteiger partial charge is 0.119 e. The average molecular weight is 384 g/mol. The highest BCUT2D eigenvalue weighted by atomic mass is 16.5. The highest BCUT2D eigenvalue weighted by Gasteiger charge is 2.51. The van der Waals surface area contributed by atoms with Crippen LogP contribution in [0.4, 0.5) is 0 Å². The molecule has 4 aliphatic carbocycles. The second-order valence-electron chi connectivity index (χ2n) is 10.7. The van der Waals surface area contributed by atoms with E-state index in [0.717, 1.165) is 49.1 Å². The average Bonchev–Trinajstić information content (AvgIpc) is 2.66. The van der Waals surface area contributed by atoms with Gasteiger partial charge in [-0.3, -0.25) is 0 Å². The van der Waals surface area contributed by atoms with E-state index in [1.54, 1.807) is 5.56 Å². The first-order chi connectivity index (χ1) is 13.6. The molecule has 2 atom stereocenters. The summed E-state index contributed by atoms with van der Waals surface area (Å²) in [5, 5.41) is 10.4. The van der Waals surface area contributed by atoms with Gasteiger partial charge in [-0.2, -0.15) is 0 Å². The molecule has 4 bridgehead atoms. The zero-order valence-corrected chi connectivity index (χ0v) is 17.5. The van der Waals surface area contributed by atoms with Crippen LogP contribution in [0.15, 0.2) is 24.3 Å². The highest BCUT2D eigenvalue weighted by molar-refractivity contribution is 5.34. The Labute approximate surface area is 170 Å². The van der Waals surface area contributed by atoms with Crippen LogP contribution < -0.4 is 4.74 Å². The van der Waals surface area contributed by atoms with E-state index in [4.69, 9.17) is 4.74 Å². The lowest BCUT2D eigenvalue weighted by Gasteiger charge is -2.57. The molecule has 3 nitrogen and oxygen atoms in total. The van der Waals surface area contributed by atoms with Crippen molar-refractivity contribution in [1.82, 2.24) is 4.90 Å². The third-order valence-corrected chi connectivity index (χ3v) is 8.16. The van der Waals surface area contributed by atoms with Crippen LogP contribution >= 0.6 is 0 Å². The number of ether oxygens (including phenoxy) is 1. The van der Waals surface area contributed by atoms with Crippen molar-refractivity contribution in [2.45, 2.75) is 69.8 Å². The normalized spacial score (nSPS) is 38.5. The fourth-order valence-corrected chi connectivity index (χ4v) is 7.36. The Balaban J connectivity index is 1.16. The van der Waals surface area contributed by atoms with Crippen molar-refractivity contribution in [1.29, 1.82) is 0 Å². The molecule has 0 aromatic heterocycles. The molecule has 6 rings (SSSR count). The molecule has 0 radical (unpaired) electrons. The minimum absolute atomic E-state index is 0.390. The standard InChI is InChI=1S/C25H37NO2/c1-18-3-2-8-26(15-18)16-23(27)17-28-24-6-4-22(5-7-24)25-12-19-9-20(13-25)11-21(10-19)14-25/h4-7,18-21,23,27H,2-3,8-17H2,1H3/t18-,19?,20?,21?,23-,25?/m1/s1. The van der Waals surface area contributed by atoms with Gasteiger partial charge in [0.25, 0.3) is 0 Å². The maximum Gasteiger partial charge on any atom is 0.119 e. The van der Waals surface area contributed by atoms with Crippen LogP contribution in [0.1, 0.15) is 63.9 Å². The number of aliphatic hydroxyl groups excluding tert-OH is 1. The van der Waals surface area contributed by atoms with Gasteiger partial charge >= 0.3 is 0 Å². The lowest BCUT2D eigenvalue weighted by molar-refractivity contribution is -0.00522. The van der Waals surface area contributed by atoms with Crippen LogP contribution in [-0.4, -0.2) is 42.4 Å². The van der Waals surface area contributed by atoms with Crippen molar-refractivity contribution < 1.29 is 9.84 Å². The Morgan fingerprint density at radius 3 is 2.32 bits per heavy atom. The summed E-state index contributed by atoms with van der Waals surface area (Å²) in [5.41, 5.74) is 2.00. The van der Waals surface area contributed by atoms with Gasteiger partial charge in [0.05, 0.1) is 0 Å². The molecule has 1 aromatic rings.